The van der Waals surface area contributed by atoms with Gasteiger partial charge < -0.3 is 9.47 Å². The Kier molecular flexibility index (Phi) is 4.19. The second kappa shape index (κ2) is 6.32. The quantitative estimate of drug-likeness (QED) is 0.214. The second-order valence-corrected chi connectivity index (χ2v) is 5.43. The molecule has 0 atom stereocenters. The molecule has 1 N–H and O–H groups in total. The van der Waals surface area contributed by atoms with Gasteiger partial charge in [-0.2, -0.15) is 0 Å². The van der Waals surface area contributed by atoms with E-state index in [0.29, 0.717) is 5.75 Å². The van der Waals surface area contributed by atoms with E-state index in [0.717, 1.165) is 11.0 Å². The number of amides is 2. The molecule has 0 saturated carbocycles. The molecule has 0 bridgehead atoms. The molecule has 1 saturated heterocycles. The van der Waals surface area contributed by atoms with Gasteiger partial charge in [0.15, 0.2) is 16.6 Å². The summed E-state index contributed by atoms with van der Waals surface area (Å²) in [5.41, 5.74) is -0.558. The summed E-state index contributed by atoms with van der Waals surface area (Å²) in [6, 6.07) is 2.53. The third kappa shape index (κ3) is 2.94. The summed E-state index contributed by atoms with van der Waals surface area (Å²) in [6.45, 7) is 3.56. The van der Waals surface area contributed by atoms with Gasteiger partial charge in [-0.3, -0.25) is 29.9 Å². The van der Waals surface area contributed by atoms with Crippen LogP contribution >= 0.6 is 12.2 Å². The number of thiocarbonyl (C=S) groups is 1. The fourth-order valence-corrected chi connectivity index (χ4v) is 2.62. The number of hydrogen-bond acceptors (Lipinski definition) is 7. The zero-order valence-electron chi connectivity index (χ0n) is 12.7. The molecule has 1 fully saturated rings. The van der Waals surface area contributed by atoms with Crippen molar-refractivity contribution in [3.63, 3.8) is 0 Å². The minimum Gasteiger partial charge on any atom is -0.454 e. The first-order valence-corrected chi connectivity index (χ1v) is 7.41. The predicted molar refractivity (Wildman–Crippen MR) is 89.8 cm³/mol. The number of nitrogens with one attached hydrogen (secondary N) is 1. The highest BCUT2D eigenvalue weighted by atomic mass is 32.1. The topological polar surface area (TPSA) is 111 Å². The fourth-order valence-electron chi connectivity index (χ4n) is 2.37. The highest BCUT2D eigenvalue weighted by molar-refractivity contribution is 7.80. The Labute approximate surface area is 146 Å². The van der Waals surface area contributed by atoms with Gasteiger partial charge >= 0.3 is 0 Å². The third-order valence-corrected chi connectivity index (χ3v) is 3.84. The zero-order chi connectivity index (χ0) is 18.1. The highest BCUT2D eigenvalue weighted by Crippen LogP contribution is 2.38. The van der Waals surface area contributed by atoms with E-state index in [2.05, 4.69) is 11.9 Å². The van der Waals surface area contributed by atoms with Crippen molar-refractivity contribution in [2.75, 3.05) is 13.3 Å². The first-order chi connectivity index (χ1) is 11.9. The largest absolute Gasteiger partial charge is 0.454 e. The van der Waals surface area contributed by atoms with Crippen LogP contribution in [-0.4, -0.2) is 40.1 Å². The Bertz CT molecular complexity index is 863. The van der Waals surface area contributed by atoms with E-state index in [1.165, 1.54) is 18.2 Å². The van der Waals surface area contributed by atoms with E-state index < -0.39 is 16.7 Å². The molecule has 25 heavy (non-hydrogen) atoms. The molecule has 2 heterocycles. The van der Waals surface area contributed by atoms with Crippen LogP contribution in [0.5, 0.6) is 11.5 Å². The first-order valence-electron chi connectivity index (χ1n) is 7.00. The molecule has 0 aliphatic carbocycles. The summed E-state index contributed by atoms with van der Waals surface area (Å²) >= 11 is 4.95. The number of nitro benzene ring substituents is 1. The van der Waals surface area contributed by atoms with Crippen molar-refractivity contribution < 1.29 is 24.0 Å². The van der Waals surface area contributed by atoms with Crippen molar-refractivity contribution in [2.24, 2.45) is 0 Å². The van der Waals surface area contributed by atoms with Gasteiger partial charge in [-0.25, -0.2) is 0 Å². The van der Waals surface area contributed by atoms with Gasteiger partial charge in [0.05, 0.1) is 16.6 Å². The molecule has 128 valence electrons. The van der Waals surface area contributed by atoms with Gasteiger partial charge in [0, 0.05) is 6.54 Å². The van der Waals surface area contributed by atoms with Gasteiger partial charge in [-0.15, -0.1) is 6.58 Å². The van der Waals surface area contributed by atoms with Crippen LogP contribution < -0.4 is 14.8 Å². The monoisotopic (exact) mass is 361 g/mol. The molecule has 0 radical (unpaired) electrons. The molecule has 10 heteroatoms. The first kappa shape index (κ1) is 16.6. The molecule has 2 amide bonds. The predicted octanol–water partition coefficient (Wildman–Crippen LogP) is 1.14. The molecular formula is C15H11N3O6S. The molecule has 0 spiro atoms. The lowest BCUT2D eigenvalue weighted by atomic mass is 10.1. The summed E-state index contributed by atoms with van der Waals surface area (Å²) < 4.78 is 10.3. The van der Waals surface area contributed by atoms with Crippen LogP contribution in [0.25, 0.3) is 6.08 Å². The summed E-state index contributed by atoms with van der Waals surface area (Å²) in [7, 11) is 0. The molecular weight excluding hydrogens is 350 g/mol. The lowest BCUT2D eigenvalue weighted by molar-refractivity contribution is -0.385. The van der Waals surface area contributed by atoms with Crippen LogP contribution in [0.15, 0.2) is 30.4 Å². The van der Waals surface area contributed by atoms with Crippen molar-refractivity contribution in [3.8, 4) is 11.5 Å². The number of rotatable bonds is 4. The molecule has 0 unspecified atom stereocenters. The molecule has 2 aliphatic rings. The van der Waals surface area contributed by atoms with Gasteiger partial charge in [0.1, 0.15) is 5.57 Å². The summed E-state index contributed by atoms with van der Waals surface area (Å²) in [6.07, 6.45) is 2.58. The summed E-state index contributed by atoms with van der Waals surface area (Å²) in [5.74, 6) is -0.884. The minimum absolute atomic E-state index is 0.0409. The third-order valence-electron chi connectivity index (χ3n) is 3.52. The van der Waals surface area contributed by atoms with E-state index in [4.69, 9.17) is 21.7 Å². The van der Waals surface area contributed by atoms with Crippen LogP contribution in [0.4, 0.5) is 5.69 Å². The van der Waals surface area contributed by atoms with Crippen molar-refractivity contribution in [2.45, 2.75) is 0 Å². The van der Waals surface area contributed by atoms with Crippen molar-refractivity contribution in [1.82, 2.24) is 10.2 Å². The molecule has 1 aromatic carbocycles. The average Bonchev–Trinajstić information content (AvgIpc) is 3.01. The number of nitro groups is 1. The maximum Gasteiger partial charge on any atom is 0.280 e. The Morgan fingerprint density at radius 2 is 2.04 bits per heavy atom. The van der Waals surface area contributed by atoms with E-state index in [-0.39, 0.29) is 41.0 Å². The van der Waals surface area contributed by atoms with Crippen LogP contribution in [0.3, 0.4) is 0 Å². The number of hydrogen-bond donors (Lipinski definition) is 1. The van der Waals surface area contributed by atoms with Crippen molar-refractivity contribution >= 4 is 40.9 Å². The summed E-state index contributed by atoms with van der Waals surface area (Å²) in [5, 5.41) is 13.6. The molecule has 2 aliphatic heterocycles. The van der Waals surface area contributed by atoms with Crippen molar-refractivity contribution in [3.05, 3.63) is 46.0 Å². The van der Waals surface area contributed by atoms with Gasteiger partial charge in [-0.1, -0.05) is 6.08 Å². The van der Waals surface area contributed by atoms with Gasteiger partial charge in [-0.05, 0) is 24.4 Å². The van der Waals surface area contributed by atoms with E-state index >= 15 is 0 Å². The Morgan fingerprint density at radius 1 is 1.36 bits per heavy atom. The number of ether oxygens (including phenoxy) is 2. The lowest BCUT2D eigenvalue weighted by Crippen LogP contribution is -2.53. The number of nitrogens with zero attached hydrogens (tertiary/aromatic N) is 2. The van der Waals surface area contributed by atoms with Gasteiger partial charge in [0.25, 0.3) is 17.5 Å². The van der Waals surface area contributed by atoms with Crippen LogP contribution in [0.2, 0.25) is 0 Å². The van der Waals surface area contributed by atoms with Crippen LogP contribution in [0, 0.1) is 10.1 Å². The van der Waals surface area contributed by atoms with E-state index in [1.807, 2.05) is 0 Å². The molecule has 1 aromatic rings. The van der Waals surface area contributed by atoms with Gasteiger partial charge in [0.2, 0.25) is 6.79 Å². The number of carbonyl (C=O) groups is 2. The van der Waals surface area contributed by atoms with E-state index in [1.54, 1.807) is 0 Å². The SMILES string of the molecule is C=CCN1C(=O)/C(=C\c2cc3c(cc2[N+](=O)[O-])OCO3)C(=O)NC1=S. The molecule has 0 aromatic heterocycles. The van der Waals surface area contributed by atoms with E-state index in [9.17, 15) is 19.7 Å². The number of fused-ring (bicyclic) bond motifs is 1. The maximum absolute atomic E-state index is 12.5. The highest BCUT2D eigenvalue weighted by Gasteiger charge is 2.33. The normalized spacial score (nSPS) is 17.7. The average molecular weight is 361 g/mol. The second-order valence-electron chi connectivity index (χ2n) is 5.04. The zero-order valence-corrected chi connectivity index (χ0v) is 13.5. The number of benzene rings is 1. The fraction of sp³-hybridized carbons (Fsp3) is 0.133. The van der Waals surface area contributed by atoms with Crippen LogP contribution in [0.1, 0.15) is 5.56 Å². The molecule has 9 nitrogen and oxygen atoms in total. The lowest BCUT2D eigenvalue weighted by Gasteiger charge is -2.27. The summed E-state index contributed by atoms with van der Waals surface area (Å²) in [4.78, 5) is 36.4. The minimum atomic E-state index is -0.734. The standard InChI is InChI=1S/C15H11N3O6S/c1-2-3-17-14(20)9(13(19)16-15(17)25)4-8-5-11-12(24-7-23-11)6-10(8)18(21)22/h2,4-6H,1,3,7H2,(H,16,19,25)/b9-4-. The van der Waals surface area contributed by atoms with Crippen molar-refractivity contribution in [1.29, 1.82) is 0 Å². The Hall–Kier alpha value is -3.27. The molecule has 3 rings (SSSR count). The Balaban J connectivity index is 2.08. The number of carbonyl (C=O) groups excluding carboxylic acids is 2. The maximum atomic E-state index is 12.5. The smallest absolute Gasteiger partial charge is 0.280 e. The van der Waals surface area contributed by atoms with Crippen LogP contribution in [-0.2, 0) is 9.59 Å². The Morgan fingerprint density at radius 3 is 2.68 bits per heavy atom.